The molecule has 2 aromatic carbocycles. The van der Waals surface area contributed by atoms with Crippen LogP contribution in [0.5, 0.6) is 17.2 Å². The number of benzene rings is 2. The smallest absolute Gasteiger partial charge is 0.255 e. The molecule has 10 heteroatoms. The van der Waals surface area contributed by atoms with E-state index in [1.54, 1.807) is 56.7 Å². The summed E-state index contributed by atoms with van der Waals surface area (Å²) in [6, 6.07) is 11.4. The van der Waals surface area contributed by atoms with Gasteiger partial charge in [-0.05, 0) is 36.4 Å². The molecule has 32 heavy (non-hydrogen) atoms. The van der Waals surface area contributed by atoms with Crippen LogP contribution in [-0.2, 0) is 10.0 Å². The highest BCUT2D eigenvalue weighted by Crippen LogP contribution is 2.24. The number of carbonyl (C=O) groups is 1. The first-order valence-corrected chi connectivity index (χ1v) is 11.7. The van der Waals surface area contributed by atoms with Gasteiger partial charge in [0.15, 0.2) is 0 Å². The molecule has 0 radical (unpaired) electrons. The van der Waals surface area contributed by atoms with Crippen LogP contribution in [0.4, 0.5) is 0 Å². The molecule has 1 heterocycles. The molecule has 0 atom stereocenters. The van der Waals surface area contributed by atoms with Crippen LogP contribution < -0.4 is 19.5 Å². The molecule has 0 saturated carbocycles. The maximum atomic E-state index is 12.8. The summed E-state index contributed by atoms with van der Waals surface area (Å²) in [7, 11) is 1.06. The number of methoxy groups -OCH3 is 3. The molecule has 1 aliphatic heterocycles. The predicted octanol–water partition coefficient (Wildman–Crippen LogP) is 1.45. The zero-order valence-electron chi connectivity index (χ0n) is 18.5. The maximum absolute atomic E-state index is 12.8. The molecule has 1 N–H and O–H groups in total. The topological polar surface area (TPSA) is 97.4 Å². The number of hydrogen-bond donors (Lipinski definition) is 1. The molecule has 1 fully saturated rings. The van der Waals surface area contributed by atoms with Gasteiger partial charge < -0.3 is 19.5 Å². The lowest BCUT2D eigenvalue weighted by molar-refractivity contribution is 0.0942. The Balaban J connectivity index is 1.48. The molecule has 0 aliphatic carbocycles. The molecule has 1 amide bonds. The molecule has 3 rings (SSSR count). The Labute approximate surface area is 188 Å². The number of nitrogens with one attached hydrogen (secondary N) is 1. The Kier molecular flexibility index (Phi) is 7.94. The predicted molar refractivity (Wildman–Crippen MR) is 120 cm³/mol. The quantitative estimate of drug-likeness (QED) is 0.601. The van der Waals surface area contributed by atoms with E-state index in [0.717, 1.165) is 0 Å². The van der Waals surface area contributed by atoms with Crippen molar-refractivity contribution in [2.45, 2.75) is 4.90 Å². The highest BCUT2D eigenvalue weighted by Gasteiger charge is 2.28. The van der Waals surface area contributed by atoms with Gasteiger partial charge in [-0.2, -0.15) is 4.31 Å². The molecule has 174 valence electrons. The van der Waals surface area contributed by atoms with E-state index >= 15 is 0 Å². The van der Waals surface area contributed by atoms with E-state index in [9.17, 15) is 13.2 Å². The third kappa shape index (κ3) is 5.50. The number of sulfonamides is 1. The van der Waals surface area contributed by atoms with Crippen molar-refractivity contribution < 1.29 is 27.4 Å². The largest absolute Gasteiger partial charge is 0.497 e. The number of rotatable bonds is 9. The average molecular weight is 464 g/mol. The fourth-order valence-corrected chi connectivity index (χ4v) is 4.92. The minimum absolute atomic E-state index is 0.231. The Bertz CT molecular complexity index is 1020. The molecule has 9 nitrogen and oxygen atoms in total. The normalized spacial score (nSPS) is 15.2. The zero-order chi connectivity index (χ0) is 23.1. The van der Waals surface area contributed by atoms with E-state index in [4.69, 9.17) is 14.2 Å². The van der Waals surface area contributed by atoms with Gasteiger partial charge in [0.1, 0.15) is 17.2 Å². The lowest BCUT2D eigenvalue weighted by Gasteiger charge is -2.34. The highest BCUT2D eigenvalue weighted by molar-refractivity contribution is 7.89. The summed E-state index contributed by atoms with van der Waals surface area (Å²) in [6.07, 6.45) is 0. The van der Waals surface area contributed by atoms with Crippen LogP contribution in [0.1, 0.15) is 10.4 Å². The van der Waals surface area contributed by atoms with Crippen molar-refractivity contribution in [3.8, 4) is 17.2 Å². The molecular formula is C22H29N3O6S. The van der Waals surface area contributed by atoms with Crippen molar-refractivity contribution in [3.05, 3.63) is 48.0 Å². The first-order valence-electron chi connectivity index (χ1n) is 10.3. The van der Waals surface area contributed by atoms with E-state index in [2.05, 4.69) is 10.2 Å². The lowest BCUT2D eigenvalue weighted by Crippen LogP contribution is -2.50. The monoisotopic (exact) mass is 463 g/mol. The molecule has 1 saturated heterocycles. The number of piperazine rings is 1. The summed E-state index contributed by atoms with van der Waals surface area (Å²) >= 11 is 0. The van der Waals surface area contributed by atoms with Crippen LogP contribution in [-0.4, -0.2) is 84.1 Å². The first kappa shape index (κ1) is 23.8. The van der Waals surface area contributed by atoms with Crippen molar-refractivity contribution in [1.29, 1.82) is 0 Å². The Hall–Kier alpha value is -2.82. The van der Waals surface area contributed by atoms with Gasteiger partial charge in [-0.15, -0.1) is 0 Å². The minimum Gasteiger partial charge on any atom is -0.497 e. The van der Waals surface area contributed by atoms with Crippen LogP contribution >= 0.6 is 0 Å². The van der Waals surface area contributed by atoms with Crippen molar-refractivity contribution in [3.63, 3.8) is 0 Å². The van der Waals surface area contributed by atoms with E-state index in [-0.39, 0.29) is 10.8 Å². The van der Waals surface area contributed by atoms with Crippen LogP contribution in [0, 0.1) is 0 Å². The van der Waals surface area contributed by atoms with Gasteiger partial charge in [0.25, 0.3) is 5.91 Å². The fourth-order valence-electron chi connectivity index (χ4n) is 3.50. The Morgan fingerprint density at radius 3 is 2.12 bits per heavy atom. The standard InChI is InChI=1S/C22H29N3O6S/c1-29-17-4-7-19(8-5-17)32(27,28)25-14-12-24(13-15-25)11-10-23-22(26)20-9-6-18(30-2)16-21(20)31-3/h4-9,16H,10-15H2,1-3H3,(H,23,26). The molecular weight excluding hydrogens is 434 g/mol. The van der Waals surface area contributed by atoms with Crippen molar-refractivity contribution in [2.24, 2.45) is 0 Å². The van der Waals surface area contributed by atoms with Crippen LogP contribution in [0.15, 0.2) is 47.4 Å². The van der Waals surface area contributed by atoms with Gasteiger partial charge in [-0.3, -0.25) is 9.69 Å². The van der Waals surface area contributed by atoms with Crippen molar-refractivity contribution >= 4 is 15.9 Å². The fraction of sp³-hybridized carbons (Fsp3) is 0.409. The third-order valence-corrected chi connectivity index (χ3v) is 7.31. The van der Waals surface area contributed by atoms with Gasteiger partial charge in [-0.25, -0.2) is 8.42 Å². The molecule has 1 aliphatic rings. The van der Waals surface area contributed by atoms with Crippen LogP contribution in [0.25, 0.3) is 0 Å². The third-order valence-electron chi connectivity index (χ3n) is 5.40. The number of hydrogen-bond acceptors (Lipinski definition) is 7. The second-order valence-electron chi connectivity index (χ2n) is 7.24. The van der Waals surface area contributed by atoms with Crippen LogP contribution in [0.3, 0.4) is 0 Å². The zero-order valence-corrected chi connectivity index (χ0v) is 19.4. The molecule has 0 bridgehead atoms. The van der Waals surface area contributed by atoms with E-state index in [1.807, 2.05) is 0 Å². The second kappa shape index (κ2) is 10.7. The highest BCUT2D eigenvalue weighted by atomic mass is 32.2. The van der Waals surface area contributed by atoms with Gasteiger partial charge >= 0.3 is 0 Å². The van der Waals surface area contributed by atoms with Crippen LogP contribution in [0.2, 0.25) is 0 Å². The molecule has 0 spiro atoms. The molecule has 0 aromatic heterocycles. The number of carbonyl (C=O) groups excluding carboxylic acids is 1. The molecule has 2 aromatic rings. The Morgan fingerprint density at radius 2 is 1.53 bits per heavy atom. The van der Waals surface area contributed by atoms with Gasteiger partial charge in [0, 0.05) is 45.3 Å². The summed E-state index contributed by atoms with van der Waals surface area (Å²) in [6.45, 7) is 3.05. The summed E-state index contributed by atoms with van der Waals surface area (Å²) in [5.74, 6) is 1.44. The number of ether oxygens (including phenoxy) is 3. The Morgan fingerprint density at radius 1 is 0.906 bits per heavy atom. The summed E-state index contributed by atoms with van der Waals surface area (Å²) in [5, 5.41) is 2.89. The first-order chi connectivity index (χ1) is 15.4. The molecule has 0 unspecified atom stereocenters. The minimum atomic E-state index is -3.54. The second-order valence-corrected chi connectivity index (χ2v) is 9.18. The van der Waals surface area contributed by atoms with Crippen molar-refractivity contribution in [1.82, 2.24) is 14.5 Å². The summed E-state index contributed by atoms with van der Waals surface area (Å²) < 4.78 is 42.7. The van der Waals surface area contributed by atoms with E-state index in [1.165, 1.54) is 11.4 Å². The number of amides is 1. The summed E-state index contributed by atoms with van der Waals surface area (Å²) in [5.41, 5.74) is 0.434. The average Bonchev–Trinajstić information content (AvgIpc) is 2.83. The number of nitrogens with zero attached hydrogens (tertiary/aromatic N) is 2. The van der Waals surface area contributed by atoms with Gasteiger partial charge in [0.2, 0.25) is 10.0 Å². The van der Waals surface area contributed by atoms with Gasteiger partial charge in [0.05, 0.1) is 31.8 Å². The van der Waals surface area contributed by atoms with Gasteiger partial charge in [-0.1, -0.05) is 0 Å². The summed E-state index contributed by atoms with van der Waals surface area (Å²) in [4.78, 5) is 14.9. The SMILES string of the molecule is COc1ccc(S(=O)(=O)N2CCN(CCNC(=O)c3ccc(OC)cc3OC)CC2)cc1. The lowest BCUT2D eigenvalue weighted by atomic mass is 10.1. The van der Waals surface area contributed by atoms with E-state index in [0.29, 0.717) is 62.1 Å². The van der Waals surface area contributed by atoms with Crippen molar-refractivity contribution in [2.75, 3.05) is 60.6 Å². The maximum Gasteiger partial charge on any atom is 0.255 e. The van der Waals surface area contributed by atoms with E-state index < -0.39 is 10.0 Å².